The highest BCUT2D eigenvalue weighted by molar-refractivity contribution is 7.18. The lowest BCUT2D eigenvalue weighted by atomic mass is 9.97. The summed E-state index contributed by atoms with van der Waals surface area (Å²) in [6.45, 7) is 3.01. The Kier molecular flexibility index (Phi) is 15.4. The van der Waals surface area contributed by atoms with Gasteiger partial charge in [-0.1, -0.05) is 61.8 Å². The highest BCUT2D eigenvalue weighted by Crippen LogP contribution is 2.24. The number of aliphatic carboxylic acids is 1. The molecule has 0 bridgehead atoms. The summed E-state index contributed by atoms with van der Waals surface area (Å²) in [4.78, 5) is 61.5. The fourth-order valence-corrected chi connectivity index (χ4v) is 5.16. The fraction of sp³-hybridized carbons (Fsp3) is 0.344. The molecule has 3 atom stereocenters. The number of methoxy groups -OCH3 is 1. The predicted molar refractivity (Wildman–Crippen MR) is 174 cm³/mol. The van der Waals surface area contributed by atoms with Gasteiger partial charge in [-0.25, -0.2) is 4.79 Å². The second-order valence-corrected chi connectivity index (χ2v) is 12.7. The van der Waals surface area contributed by atoms with Gasteiger partial charge in [0, 0.05) is 13.0 Å². The maximum Gasteiger partial charge on any atom is 0.490 e. The van der Waals surface area contributed by atoms with Gasteiger partial charge in [0.15, 0.2) is 0 Å². The van der Waals surface area contributed by atoms with Crippen LogP contribution in [0, 0.1) is 5.92 Å². The summed E-state index contributed by atoms with van der Waals surface area (Å²) < 4.78 is 77.2. The van der Waals surface area contributed by atoms with Crippen LogP contribution in [0.25, 0.3) is 0 Å². The van der Waals surface area contributed by atoms with Crippen LogP contribution in [-0.2, 0) is 32.1 Å². The monoisotopic (exact) mass is 766 g/mol. The Morgan fingerprint density at radius 2 is 1.37 bits per heavy atom. The van der Waals surface area contributed by atoms with Gasteiger partial charge in [-0.3, -0.25) is 19.2 Å². The number of alkyl halides is 6. The number of hydrogen-bond donors (Lipinski definition) is 5. The number of carboxylic acid groups (broad SMARTS) is 1. The van der Waals surface area contributed by atoms with Crippen LogP contribution in [0.5, 0.6) is 5.75 Å². The summed E-state index contributed by atoms with van der Waals surface area (Å²) in [5.74, 6) is -7.82. The summed E-state index contributed by atoms with van der Waals surface area (Å²) in [6, 6.07) is 11.3. The molecule has 3 amide bonds. The van der Waals surface area contributed by atoms with Crippen LogP contribution in [0.1, 0.15) is 46.3 Å². The molecule has 0 unspecified atom stereocenters. The minimum atomic E-state index is -5.19. The maximum absolute atomic E-state index is 13.7. The van der Waals surface area contributed by atoms with Gasteiger partial charge >= 0.3 is 18.3 Å². The quantitative estimate of drug-likeness (QED) is 0.152. The van der Waals surface area contributed by atoms with Crippen molar-refractivity contribution in [2.45, 2.75) is 57.3 Å². The Morgan fingerprint density at radius 3 is 1.80 bits per heavy atom. The molecule has 278 valence electrons. The van der Waals surface area contributed by atoms with Crippen molar-refractivity contribution in [3.8, 4) is 5.75 Å². The average molecular weight is 767 g/mol. The standard InChI is InChI=1S/C30H32ClF3N4O5S.C2HF3O2/c1-16(2)24(26(39)30(32,33)34)37-29(42)25(19-8-10-20(43-3)11-9-19)38-27(40)21(14-17-4-6-18(15-35)7-5-17)36-28(41)22-12-13-23(31)44-22;3-2(4,5)1(6)7/h4-13,16,21,24-25H,14-15,35H2,1-3H3,(H,36,41)(H,37,42)(H,38,40);(H,6,7)/t21-,24-,25-;/m0./s1. The number of benzene rings is 2. The van der Waals surface area contributed by atoms with Crippen LogP contribution in [0.2, 0.25) is 4.34 Å². The Labute approximate surface area is 296 Å². The topological polar surface area (TPSA) is 177 Å². The molecule has 2 aromatic carbocycles. The number of nitrogens with one attached hydrogen (secondary N) is 3. The Bertz CT molecular complexity index is 1670. The number of rotatable bonds is 13. The van der Waals surface area contributed by atoms with Crippen molar-refractivity contribution >= 4 is 52.4 Å². The molecule has 51 heavy (non-hydrogen) atoms. The van der Waals surface area contributed by atoms with Gasteiger partial charge in [-0.05, 0) is 46.9 Å². The molecule has 0 aliphatic rings. The number of carbonyl (C=O) groups is 5. The minimum absolute atomic E-state index is 0.000335. The van der Waals surface area contributed by atoms with Gasteiger partial charge in [0.2, 0.25) is 11.8 Å². The van der Waals surface area contributed by atoms with Crippen molar-refractivity contribution in [1.82, 2.24) is 16.0 Å². The molecule has 3 rings (SSSR count). The van der Waals surface area contributed by atoms with E-state index in [2.05, 4.69) is 16.0 Å². The average Bonchev–Trinajstić information content (AvgIpc) is 3.51. The van der Waals surface area contributed by atoms with E-state index < -0.39 is 65.9 Å². The van der Waals surface area contributed by atoms with Crippen LogP contribution < -0.4 is 26.4 Å². The number of thiophene rings is 1. The zero-order valence-corrected chi connectivity index (χ0v) is 28.6. The zero-order chi connectivity index (χ0) is 38.7. The van der Waals surface area contributed by atoms with Crippen LogP contribution >= 0.6 is 22.9 Å². The maximum atomic E-state index is 13.7. The summed E-state index contributed by atoms with van der Waals surface area (Å²) >= 11 is 6.97. The molecule has 19 heteroatoms. The number of carboxylic acids is 1. The molecule has 6 N–H and O–H groups in total. The van der Waals surface area contributed by atoms with Crippen molar-refractivity contribution in [2.75, 3.05) is 7.11 Å². The highest BCUT2D eigenvalue weighted by Gasteiger charge is 2.45. The molecule has 0 spiro atoms. The third kappa shape index (κ3) is 13.2. The highest BCUT2D eigenvalue weighted by atomic mass is 35.5. The zero-order valence-electron chi connectivity index (χ0n) is 27.0. The van der Waals surface area contributed by atoms with E-state index in [1.807, 2.05) is 0 Å². The van der Waals surface area contributed by atoms with E-state index in [9.17, 15) is 45.5 Å². The number of amides is 3. The number of carbonyl (C=O) groups excluding carboxylic acids is 4. The van der Waals surface area contributed by atoms with Gasteiger partial charge in [-0.15, -0.1) is 11.3 Å². The first kappa shape index (κ1) is 42.5. The Balaban J connectivity index is 0.00000116. The van der Waals surface area contributed by atoms with Gasteiger partial charge < -0.3 is 31.5 Å². The molecule has 0 radical (unpaired) electrons. The summed E-state index contributed by atoms with van der Waals surface area (Å²) in [5, 5.41) is 14.5. The lowest BCUT2D eigenvalue weighted by Crippen LogP contribution is -2.55. The molecule has 11 nitrogen and oxygen atoms in total. The number of ketones is 1. The van der Waals surface area contributed by atoms with Crippen molar-refractivity contribution in [1.29, 1.82) is 0 Å². The van der Waals surface area contributed by atoms with Crippen LogP contribution in [0.4, 0.5) is 26.3 Å². The SMILES string of the molecule is COc1ccc([C@H](NC(=O)[C@H](Cc2ccc(CN)cc2)NC(=O)c2ccc(Cl)s2)C(=O)N[C@H](C(=O)C(F)(F)F)C(C)C)cc1.O=C(O)C(F)(F)F. The van der Waals surface area contributed by atoms with Crippen molar-refractivity contribution in [2.24, 2.45) is 11.7 Å². The smallest absolute Gasteiger partial charge is 0.490 e. The van der Waals surface area contributed by atoms with E-state index in [1.54, 1.807) is 24.3 Å². The fourth-order valence-electron chi connectivity index (χ4n) is 4.21. The first-order chi connectivity index (χ1) is 23.7. The molecule has 0 saturated heterocycles. The molecule has 1 heterocycles. The molecule has 0 saturated carbocycles. The normalized spacial score (nSPS) is 13.2. The van der Waals surface area contributed by atoms with Crippen LogP contribution in [0.3, 0.4) is 0 Å². The molecule has 1 aromatic heterocycles. The van der Waals surface area contributed by atoms with E-state index >= 15 is 0 Å². The molecular formula is C32H33ClF6N4O7S. The second kappa shape index (κ2) is 18.5. The largest absolute Gasteiger partial charge is 0.497 e. The Morgan fingerprint density at radius 1 is 0.824 bits per heavy atom. The van der Waals surface area contributed by atoms with E-state index in [0.717, 1.165) is 16.9 Å². The number of hydrogen-bond acceptors (Lipinski definition) is 8. The third-order valence-electron chi connectivity index (χ3n) is 6.88. The second-order valence-electron chi connectivity index (χ2n) is 11.0. The number of Topliss-reactive ketones (excluding diaryl/α,β-unsaturated/α-hetero) is 1. The van der Waals surface area contributed by atoms with Crippen molar-refractivity contribution in [3.05, 3.63) is 86.6 Å². The molecule has 0 fully saturated rings. The number of halogens is 7. The van der Waals surface area contributed by atoms with E-state index in [1.165, 1.54) is 57.4 Å². The minimum Gasteiger partial charge on any atom is -0.497 e. The molecule has 3 aromatic rings. The van der Waals surface area contributed by atoms with E-state index in [-0.39, 0.29) is 16.9 Å². The number of ether oxygens (including phenoxy) is 1. The predicted octanol–water partition coefficient (Wildman–Crippen LogP) is 4.97. The third-order valence-corrected chi connectivity index (χ3v) is 8.11. The van der Waals surface area contributed by atoms with Gasteiger partial charge in [0.05, 0.1) is 22.4 Å². The number of nitrogens with two attached hydrogens (primary N) is 1. The summed E-state index contributed by atoms with van der Waals surface area (Å²) in [6.07, 6.45) is -10.3. The summed E-state index contributed by atoms with van der Waals surface area (Å²) in [7, 11) is 1.42. The van der Waals surface area contributed by atoms with Crippen LogP contribution in [-0.4, -0.2) is 66.1 Å². The molecule has 0 aliphatic carbocycles. The first-order valence-electron chi connectivity index (χ1n) is 14.7. The van der Waals surface area contributed by atoms with Crippen LogP contribution in [0.15, 0.2) is 60.7 Å². The van der Waals surface area contributed by atoms with Crippen molar-refractivity contribution in [3.63, 3.8) is 0 Å². The molecule has 0 aliphatic heterocycles. The lowest BCUT2D eigenvalue weighted by Gasteiger charge is -2.27. The van der Waals surface area contributed by atoms with Gasteiger partial charge in [0.1, 0.15) is 17.8 Å². The molecular weight excluding hydrogens is 734 g/mol. The van der Waals surface area contributed by atoms with Gasteiger partial charge in [-0.2, -0.15) is 26.3 Å². The van der Waals surface area contributed by atoms with E-state index in [4.69, 9.17) is 32.0 Å². The Hall–Kier alpha value is -4.68. The van der Waals surface area contributed by atoms with Gasteiger partial charge in [0.25, 0.3) is 11.7 Å². The first-order valence-corrected chi connectivity index (χ1v) is 15.9. The van der Waals surface area contributed by atoms with E-state index in [0.29, 0.717) is 22.2 Å². The lowest BCUT2D eigenvalue weighted by molar-refractivity contribution is -0.192. The van der Waals surface area contributed by atoms with Crippen molar-refractivity contribution < 1.29 is 60.2 Å². The summed E-state index contributed by atoms with van der Waals surface area (Å²) in [5.41, 5.74) is 7.37.